The second kappa shape index (κ2) is 5.56. The molecule has 0 radical (unpaired) electrons. The summed E-state index contributed by atoms with van der Waals surface area (Å²) in [5, 5.41) is 2.63. The lowest BCUT2D eigenvalue weighted by molar-refractivity contribution is -0.122. The van der Waals surface area contributed by atoms with E-state index in [9.17, 15) is 9.59 Å². The van der Waals surface area contributed by atoms with Gasteiger partial charge in [0.15, 0.2) is 0 Å². The SMILES string of the molecule is CCCn1cc(Br)cc1C(=O)NC(C)(C)C(N)=O. The van der Waals surface area contributed by atoms with Crippen molar-refractivity contribution >= 4 is 27.7 Å². The van der Waals surface area contributed by atoms with E-state index >= 15 is 0 Å². The minimum atomic E-state index is -1.06. The maximum Gasteiger partial charge on any atom is 0.268 e. The van der Waals surface area contributed by atoms with Gasteiger partial charge >= 0.3 is 0 Å². The first-order valence-electron chi connectivity index (χ1n) is 5.76. The number of carbonyl (C=O) groups is 2. The van der Waals surface area contributed by atoms with Gasteiger partial charge in [0, 0.05) is 17.2 Å². The van der Waals surface area contributed by atoms with Gasteiger partial charge in [0.25, 0.3) is 5.91 Å². The first kappa shape index (κ1) is 14.8. The van der Waals surface area contributed by atoms with E-state index in [1.165, 1.54) is 0 Å². The molecule has 0 spiro atoms. The maximum absolute atomic E-state index is 12.1. The highest BCUT2D eigenvalue weighted by atomic mass is 79.9. The van der Waals surface area contributed by atoms with E-state index in [2.05, 4.69) is 21.2 Å². The average molecular weight is 316 g/mol. The highest BCUT2D eigenvalue weighted by Crippen LogP contribution is 2.16. The number of hydrogen-bond donors (Lipinski definition) is 2. The molecule has 0 aliphatic heterocycles. The lowest BCUT2D eigenvalue weighted by Crippen LogP contribution is -2.53. The van der Waals surface area contributed by atoms with Gasteiger partial charge < -0.3 is 15.6 Å². The Kier molecular flexibility index (Phi) is 4.56. The third-order valence-electron chi connectivity index (χ3n) is 2.60. The van der Waals surface area contributed by atoms with Gasteiger partial charge in [0.2, 0.25) is 5.91 Å². The van der Waals surface area contributed by atoms with E-state index in [1.807, 2.05) is 17.7 Å². The molecule has 0 bridgehead atoms. The molecule has 3 N–H and O–H groups in total. The van der Waals surface area contributed by atoms with E-state index in [0.29, 0.717) is 5.69 Å². The molecule has 2 amide bonds. The molecule has 1 aromatic heterocycles. The first-order chi connectivity index (χ1) is 8.27. The Morgan fingerprint density at radius 1 is 1.50 bits per heavy atom. The summed E-state index contributed by atoms with van der Waals surface area (Å²) in [6.07, 6.45) is 2.76. The number of nitrogens with one attached hydrogen (secondary N) is 1. The molecule has 5 nitrogen and oxygen atoms in total. The monoisotopic (exact) mass is 315 g/mol. The summed E-state index contributed by atoms with van der Waals surface area (Å²) in [6, 6.07) is 1.72. The Bertz CT molecular complexity index is 466. The van der Waals surface area contributed by atoms with Crippen LogP contribution in [0.15, 0.2) is 16.7 Å². The van der Waals surface area contributed by atoms with E-state index in [0.717, 1.165) is 17.4 Å². The summed E-state index contributed by atoms with van der Waals surface area (Å²) in [6.45, 7) is 5.93. The van der Waals surface area contributed by atoms with Crippen LogP contribution in [0.4, 0.5) is 0 Å². The van der Waals surface area contributed by atoms with Gasteiger partial charge in [0.1, 0.15) is 11.2 Å². The van der Waals surface area contributed by atoms with Crippen LogP contribution in [0.3, 0.4) is 0 Å². The van der Waals surface area contributed by atoms with Crippen LogP contribution in [-0.2, 0) is 11.3 Å². The van der Waals surface area contributed by atoms with Gasteiger partial charge in [-0.2, -0.15) is 0 Å². The second-order valence-electron chi connectivity index (χ2n) is 4.68. The summed E-state index contributed by atoms with van der Waals surface area (Å²) in [4.78, 5) is 23.3. The predicted molar refractivity (Wildman–Crippen MR) is 73.2 cm³/mol. The number of halogens is 1. The molecule has 0 atom stereocenters. The normalized spacial score (nSPS) is 11.3. The average Bonchev–Trinajstić information content (AvgIpc) is 2.59. The number of amides is 2. The summed E-state index contributed by atoms with van der Waals surface area (Å²) in [5.41, 5.74) is 4.68. The van der Waals surface area contributed by atoms with Crippen LogP contribution < -0.4 is 11.1 Å². The number of aryl methyl sites for hydroxylation is 1. The maximum atomic E-state index is 12.1. The van der Waals surface area contributed by atoms with Crippen LogP contribution in [0.25, 0.3) is 0 Å². The van der Waals surface area contributed by atoms with Gasteiger partial charge in [-0.1, -0.05) is 6.92 Å². The van der Waals surface area contributed by atoms with Crippen molar-refractivity contribution in [3.8, 4) is 0 Å². The van der Waals surface area contributed by atoms with Gasteiger partial charge in [-0.3, -0.25) is 9.59 Å². The van der Waals surface area contributed by atoms with Gasteiger partial charge in [-0.25, -0.2) is 0 Å². The number of hydrogen-bond acceptors (Lipinski definition) is 2. The largest absolute Gasteiger partial charge is 0.368 e. The van der Waals surface area contributed by atoms with Gasteiger partial charge in [-0.05, 0) is 42.3 Å². The smallest absolute Gasteiger partial charge is 0.268 e. The molecule has 18 heavy (non-hydrogen) atoms. The fourth-order valence-electron chi connectivity index (χ4n) is 1.50. The van der Waals surface area contributed by atoms with Crippen LogP contribution in [0, 0.1) is 0 Å². The number of carbonyl (C=O) groups excluding carboxylic acids is 2. The zero-order valence-electron chi connectivity index (χ0n) is 10.8. The van der Waals surface area contributed by atoms with Crippen LogP contribution in [0.2, 0.25) is 0 Å². The number of aromatic nitrogens is 1. The molecule has 100 valence electrons. The molecular formula is C12H18BrN3O2. The van der Waals surface area contributed by atoms with Crippen molar-refractivity contribution in [3.63, 3.8) is 0 Å². The standard InChI is InChI=1S/C12H18BrN3O2/c1-4-5-16-7-8(13)6-9(16)10(17)15-12(2,3)11(14)18/h6-7H,4-5H2,1-3H3,(H2,14,18)(H,15,17). The molecule has 0 fully saturated rings. The van der Waals surface area contributed by atoms with Crippen molar-refractivity contribution in [3.05, 3.63) is 22.4 Å². The van der Waals surface area contributed by atoms with Gasteiger partial charge in [0.05, 0.1) is 0 Å². The third-order valence-corrected chi connectivity index (χ3v) is 3.04. The van der Waals surface area contributed by atoms with E-state index in [-0.39, 0.29) is 5.91 Å². The molecule has 0 aromatic carbocycles. The van der Waals surface area contributed by atoms with E-state index < -0.39 is 11.4 Å². The molecule has 1 heterocycles. The molecule has 0 aliphatic carbocycles. The Morgan fingerprint density at radius 2 is 2.11 bits per heavy atom. The van der Waals surface area contributed by atoms with Crippen molar-refractivity contribution in [1.82, 2.24) is 9.88 Å². The summed E-state index contributed by atoms with van der Waals surface area (Å²) in [7, 11) is 0. The molecule has 0 saturated heterocycles. The third kappa shape index (κ3) is 3.35. The van der Waals surface area contributed by atoms with Crippen LogP contribution in [-0.4, -0.2) is 21.9 Å². The zero-order valence-corrected chi connectivity index (χ0v) is 12.4. The highest BCUT2D eigenvalue weighted by molar-refractivity contribution is 9.10. The zero-order chi connectivity index (χ0) is 13.9. The van der Waals surface area contributed by atoms with Crippen molar-refractivity contribution in [2.24, 2.45) is 5.73 Å². The fourth-order valence-corrected chi connectivity index (χ4v) is 1.96. The van der Waals surface area contributed by atoms with Crippen molar-refractivity contribution < 1.29 is 9.59 Å². The number of rotatable bonds is 5. The Labute approximate surface area is 115 Å². The Morgan fingerprint density at radius 3 is 2.61 bits per heavy atom. The Hall–Kier alpha value is -1.30. The predicted octanol–water partition coefficient (Wildman–Crippen LogP) is 1.65. The Balaban J connectivity index is 2.94. The van der Waals surface area contributed by atoms with E-state index in [4.69, 9.17) is 5.73 Å². The van der Waals surface area contributed by atoms with Crippen LogP contribution in [0.1, 0.15) is 37.7 Å². The molecule has 6 heteroatoms. The topological polar surface area (TPSA) is 77.1 Å². The minimum Gasteiger partial charge on any atom is -0.368 e. The number of primary amides is 1. The summed E-state index contributed by atoms with van der Waals surface area (Å²) < 4.78 is 2.68. The molecule has 0 aliphatic rings. The lowest BCUT2D eigenvalue weighted by Gasteiger charge is -2.22. The molecular weight excluding hydrogens is 298 g/mol. The first-order valence-corrected chi connectivity index (χ1v) is 6.55. The van der Waals surface area contributed by atoms with Crippen LogP contribution >= 0.6 is 15.9 Å². The fraction of sp³-hybridized carbons (Fsp3) is 0.500. The number of nitrogens with zero attached hydrogens (tertiary/aromatic N) is 1. The van der Waals surface area contributed by atoms with Crippen LogP contribution in [0.5, 0.6) is 0 Å². The molecule has 0 unspecified atom stereocenters. The molecule has 1 rings (SSSR count). The second-order valence-corrected chi connectivity index (χ2v) is 5.60. The van der Waals surface area contributed by atoms with Crippen molar-refractivity contribution in [2.45, 2.75) is 39.3 Å². The molecule has 1 aromatic rings. The number of nitrogens with two attached hydrogens (primary N) is 1. The van der Waals surface area contributed by atoms with Crippen molar-refractivity contribution in [1.29, 1.82) is 0 Å². The minimum absolute atomic E-state index is 0.307. The van der Waals surface area contributed by atoms with Gasteiger partial charge in [-0.15, -0.1) is 0 Å². The quantitative estimate of drug-likeness (QED) is 0.866. The lowest BCUT2D eigenvalue weighted by atomic mass is 10.1. The summed E-state index contributed by atoms with van der Waals surface area (Å²) >= 11 is 3.34. The highest BCUT2D eigenvalue weighted by Gasteiger charge is 2.28. The molecule has 0 saturated carbocycles. The van der Waals surface area contributed by atoms with Crippen molar-refractivity contribution in [2.75, 3.05) is 0 Å². The summed E-state index contributed by atoms with van der Waals surface area (Å²) in [5.74, 6) is -0.874. The van der Waals surface area contributed by atoms with E-state index in [1.54, 1.807) is 19.9 Å².